The van der Waals surface area contributed by atoms with E-state index in [4.69, 9.17) is 0 Å². The summed E-state index contributed by atoms with van der Waals surface area (Å²) in [5.41, 5.74) is 1.04. The van der Waals surface area contributed by atoms with Crippen molar-refractivity contribution in [1.29, 1.82) is 0 Å². The molecule has 0 fully saturated rings. The molecule has 0 saturated heterocycles. The highest BCUT2D eigenvalue weighted by molar-refractivity contribution is 5.86. The van der Waals surface area contributed by atoms with Crippen molar-refractivity contribution < 1.29 is 18.0 Å². The first-order chi connectivity index (χ1) is 10.6. The fourth-order valence-electron chi connectivity index (χ4n) is 2.01. The third-order valence-corrected chi connectivity index (χ3v) is 3.26. The lowest BCUT2D eigenvalue weighted by atomic mass is 10.4. The lowest BCUT2D eigenvalue weighted by Gasteiger charge is -2.24. The van der Waals surface area contributed by atoms with E-state index in [0.29, 0.717) is 17.4 Å². The van der Waals surface area contributed by atoms with Crippen LogP contribution in [0.15, 0.2) is 23.3 Å². The standard InChI is InChI=1S/C14H22F3N5O/c1-18-13(21(3)9-11-6-5-7-20(11)2)19-8-12(23)22(4)10-14(15,16)17/h5-7H,8-10H2,1-4H3,(H,18,19). The van der Waals surface area contributed by atoms with E-state index in [0.717, 1.165) is 12.7 Å². The molecule has 0 unspecified atom stereocenters. The summed E-state index contributed by atoms with van der Waals surface area (Å²) in [6.07, 6.45) is -2.50. The van der Waals surface area contributed by atoms with Gasteiger partial charge >= 0.3 is 6.18 Å². The molecule has 9 heteroatoms. The summed E-state index contributed by atoms with van der Waals surface area (Å²) in [4.78, 5) is 18.2. The monoisotopic (exact) mass is 333 g/mol. The Hall–Kier alpha value is -2.19. The number of carbonyl (C=O) groups is 1. The van der Waals surface area contributed by atoms with Gasteiger partial charge in [0.05, 0.1) is 13.1 Å². The highest BCUT2D eigenvalue weighted by atomic mass is 19.4. The van der Waals surface area contributed by atoms with Gasteiger partial charge in [0.15, 0.2) is 5.96 Å². The van der Waals surface area contributed by atoms with Crippen molar-refractivity contribution in [1.82, 2.24) is 19.7 Å². The molecule has 23 heavy (non-hydrogen) atoms. The Bertz CT molecular complexity index is 553. The quantitative estimate of drug-likeness (QED) is 0.647. The molecule has 1 rings (SSSR count). The Balaban J connectivity index is 2.53. The molecule has 1 aromatic heterocycles. The first-order valence-electron chi connectivity index (χ1n) is 6.96. The van der Waals surface area contributed by atoms with Crippen LogP contribution in [0, 0.1) is 0 Å². The van der Waals surface area contributed by atoms with E-state index in [1.165, 1.54) is 0 Å². The van der Waals surface area contributed by atoms with Gasteiger partial charge in [-0.1, -0.05) is 0 Å². The van der Waals surface area contributed by atoms with E-state index in [2.05, 4.69) is 10.3 Å². The average molecular weight is 333 g/mol. The van der Waals surface area contributed by atoms with Gasteiger partial charge in [0.1, 0.15) is 6.54 Å². The lowest BCUT2D eigenvalue weighted by Crippen LogP contribution is -2.46. The van der Waals surface area contributed by atoms with Gasteiger partial charge < -0.3 is 19.7 Å². The summed E-state index contributed by atoms with van der Waals surface area (Å²) >= 11 is 0. The van der Waals surface area contributed by atoms with E-state index >= 15 is 0 Å². The molecule has 1 heterocycles. The minimum atomic E-state index is -4.41. The molecule has 0 bridgehead atoms. The molecule has 0 aromatic carbocycles. The van der Waals surface area contributed by atoms with Crippen molar-refractivity contribution >= 4 is 11.9 Å². The summed E-state index contributed by atoms with van der Waals surface area (Å²) in [6, 6.07) is 3.86. The molecular formula is C14H22F3N5O. The van der Waals surface area contributed by atoms with Crippen LogP contribution in [0.25, 0.3) is 0 Å². The van der Waals surface area contributed by atoms with Crippen molar-refractivity contribution in [2.24, 2.45) is 12.0 Å². The molecule has 1 N–H and O–H groups in total. The number of guanidine groups is 1. The smallest absolute Gasteiger partial charge is 0.353 e. The number of aryl methyl sites for hydroxylation is 1. The third kappa shape index (κ3) is 6.21. The van der Waals surface area contributed by atoms with Crippen LogP contribution in [0.4, 0.5) is 13.2 Å². The fraction of sp³-hybridized carbons (Fsp3) is 0.571. The molecule has 0 aliphatic heterocycles. The molecule has 0 radical (unpaired) electrons. The number of halogens is 3. The maximum absolute atomic E-state index is 12.3. The zero-order valence-electron chi connectivity index (χ0n) is 13.7. The van der Waals surface area contributed by atoms with Crippen LogP contribution in [0.2, 0.25) is 0 Å². The summed E-state index contributed by atoms with van der Waals surface area (Å²) in [6.45, 7) is -0.974. The third-order valence-electron chi connectivity index (χ3n) is 3.26. The number of carbonyl (C=O) groups excluding carboxylic acids is 1. The Morgan fingerprint density at radius 3 is 2.48 bits per heavy atom. The fourth-order valence-corrected chi connectivity index (χ4v) is 2.01. The molecule has 1 aromatic rings. The Morgan fingerprint density at radius 2 is 2.00 bits per heavy atom. The summed E-state index contributed by atoms with van der Waals surface area (Å²) in [5.74, 6) is -0.226. The van der Waals surface area contributed by atoms with Crippen molar-refractivity contribution in [2.45, 2.75) is 12.7 Å². The maximum Gasteiger partial charge on any atom is 0.406 e. The lowest BCUT2D eigenvalue weighted by molar-refractivity contribution is -0.157. The Labute approximate surface area is 133 Å². The molecule has 0 atom stereocenters. The molecule has 130 valence electrons. The Kier molecular flexibility index (Phi) is 6.47. The predicted molar refractivity (Wildman–Crippen MR) is 81.9 cm³/mol. The van der Waals surface area contributed by atoms with Gasteiger partial charge in [-0.05, 0) is 12.1 Å². The summed E-state index contributed by atoms with van der Waals surface area (Å²) < 4.78 is 38.7. The zero-order valence-corrected chi connectivity index (χ0v) is 13.7. The van der Waals surface area contributed by atoms with Crippen LogP contribution in [0.5, 0.6) is 0 Å². The van der Waals surface area contributed by atoms with Crippen LogP contribution < -0.4 is 5.32 Å². The van der Waals surface area contributed by atoms with E-state index in [-0.39, 0.29) is 6.54 Å². The number of aromatic nitrogens is 1. The summed E-state index contributed by atoms with van der Waals surface area (Å²) in [7, 11) is 6.36. The molecular weight excluding hydrogens is 311 g/mol. The number of amides is 1. The number of alkyl halides is 3. The van der Waals surface area contributed by atoms with Crippen molar-refractivity contribution in [2.75, 3.05) is 34.2 Å². The van der Waals surface area contributed by atoms with Crippen LogP contribution in [0.3, 0.4) is 0 Å². The van der Waals surface area contributed by atoms with Gasteiger partial charge in [-0.25, -0.2) is 0 Å². The highest BCUT2D eigenvalue weighted by Gasteiger charge is 2.31. The first kappa shape index (κ1) is 18.9. The first-order valence-corrected chi connectivity index (χ1v) is 6.96. The number of nitrogens with zero attached hydrogens (tertiary/aromatic N) is 4. The van der Waals surface area contributed by atoms with E-state index < -0.39 is 18.6 Å². The van der Waals surface area contributed by atoms with Crippen LogP contribution in [-0.4, -0.2) is 66.6 Å². The number of hydrogen-bond acceptors (Lipinski definition) is 2. The van der Waals surface area contributed by atoms with Gasteiger partial charge in [-0.2, -0.15) is 13.2 Å². The van der Waals surface area contributed by atoms with E-state index in [9.17, 15) is 18.0 Å². The maximum atomic E-state index is 12.3. The second-order valence-electron chi connectivity index (χ2n) is 5.23. The summed E-state index contributed by atoms with van der Waals surface area (Å²) in [5, 5.41) is 2.78. The normalized spacial score (nSPS) is 12.2. The minimum Gasteiger partial charge on any atom is -0.353 e. The number of rotatable bonds is 5. The predicted octanol–water partition coefficient (Wildman–Crippen LogP) is 1.05. The van der Waals surface area contributed by atoms with E-state index in [1.54, 1.807) is 19.0 Å². The highest BCUT2D eigenvalue weighted by Crippen LogP contribution is 2.15. The molecule has 0 saturated carbocycles. The number of hydrogen-bond donors (Lipinski definition) is 1. The van der Waals surface area contributed by atoms with Gasteiger partial charge in [0.25, 0.3) is 0 Å². The van der Waals surface area contributed by atoms with Gasteiger partial charge in [-0.3, -0.25) is 9.79 Å². The van der Waals surface area contributed by atoms with Crippen LogP contribution >= 0.6 is 0 Å². The largest absolute Gasteiger partial charge is 0.406 e. The Morgan fingerprint density at radius 1 is 1.35 bits per heavy atom. The van der Waals surface area contributed by atoms with Crippen molar-refractivity contribution in [3.63, 3.8) is 0 Å². The molecule has 0 spiro atoms. The molecule has 0 aliphatic carbocycles. The van der Waals surface area contributed by atoms with E-state index in [1.807, 2.05) is 29.9 Å². The zero-order chi connectivity index (χ0) is 17.6. The topological polar surface area (TPSA) is 52.9 Å². The molecule has 6 nitrogen and oxygen atoms in total. The van der Waals surface area contributed by atoms with Gasteiger partial charge in [-0.15, -0.1) is 0 Å². The number of nitrogens with one attached hydrogen (secondary N) is 1. The van der Waals surface area contributed by atoms with Crippen LogP contribution in [-0.2, 0) is 18.4 Å². The second-order valence-corrected chi connectivity index (χ2v) is 5.23. The van der Waals surface area contributed by atoms with Crippen molar-refractivity contribution in [3.8, 4) is 0 Å². The molecule has 1 amide bonds. The van der Waals surface area contributed by atoms with Crippen LogP contribution in [0.1, 0.15) is 5.69 Å². The van der Waals surface area contributed by atoms with Gasteiger partial charge in [0.2, 0.25) is 5.91 Å². The number of likely N-dealkylation sites (N-methyl/N-ethyl adjacent to an activating group) is 1. The SMILES string of the molecule is CN=C(NCC(=O)N(C)CC(F)(F)F)N(C)Cc1cccn1C. The van der Waals surface area contributed by atoms with Gasteiger partial charge in [0, 0.05) is 40.1 Å². The second kappa shape index (κ2) is 7.89. The average Bonchev–Trinajstić information content (AvgIpc) is 2.82. The number of aliphatic imine (C=N–C) groups is 1. The molecule has 0 aliphatic rings. The van der Waals surface area contributed by atoms with Crippen molar-refractivity contribution in [3.05, 3.63) is 24.0 Å². The minimum absolute atomic E-state index is 0.253.